The van der Waals surface area contributed by atoms with Gasteiger partial charge in [-0.3, -0.25) is 14.4 Å². The molecule has 20 heavy (non-hydrogen) atoms. The highest BCUT2D eigenvalue weighted by Gasteiger charge is 2.19. The smallest absolute Gasteiger partial charge is 0.309 e. The minimum atomic E-state index is -1.11. The summed E-state index contributed by atoms with van der Waals surface area (Å²) in [6.07, 6.45) is 0. The van der Waals surface area contributed by atoms with Gasteiger partial charge in [0.05, 0.1) is 0 Å². The molecule has 6 nitrogen and oxygen atoms in total. The highest BCUT2D eigenvalue weighted by atomic mass is 19.2. The summed E-state index contributed by atoms with van der Waals surface area (Å²) in [4.78, 5) is 33.9. The van der Waals surface area contributed by atoms with Crippen LogP contribution in [0, 0.1) is 11.6 Å². The normalized spacial score (nSPS) is 11.4. The van der Waals surface area contributed by atoms with Crippen LogP contribution in [0.25, 0.3) is 0 Å². The van der Waals surface area contributed by atoms with Gasteiger partial charge >= 0.3 is 11.8 Å². The van der Waals surface area contributed by atoms with Crippen molar-refractivity contribution in [2.45, 2.75) is 13.0 Å². The zero-order valence-electron chi connectivity index (χ0n) is 10.8. The van der Waals surface area contributed by atoms with Crippen LogP contribution < -0.4 is 16.0 Å². The Morgan fingerprint density at radius 2 is 1.75 bits per heavy atom. The molecule has 0 unspecified atom stereocenters. The van der Waals surface area contributed by atoms with E-state index in [9.17, 15) is 23.2 Å². The molecule has 0 saturated carbocycles. The van der Waals surface area contributed by atoms with Gasteiger partial charge in [0.1, 0.15) is 6.04 Å². The van der Waals surface area contributed by atoms with Crippen molar-refractivity contribution in [3.05, 3.63) is 29.8 Å². The first-order chi connectivity index (χ1) is 9.35. The van der Waals surface area contributed by atoms with E-state index in [0.717, 1.165) is 12.1 Å². The first kappa shape index (κ1) is 15.5. The Balaban J connectivity index is 2.63. The van der Waals surface area contributed by atoms with E-state index < -0.39 is 35.4 Å². The predicted octanol–water partition coefficient (Wildman–Crippen LogP) is 0.154. The average molecular weight is 285 g/mol. The van der Waals surface area contributed by atoms with E-state index in [1.807, 2.05) is 0 Å². The van der Waals surface area contributed by atoms with E-state index >= 15 is 0 Å². The van der Waals surface area contributed by atoms with Crippen LogP contribution in [0.3, 0.4) is 0 Å². The molecule has 0 aliphatic heterocycles. The van der Waals surface area contributed by atoms with Crippen LogP contribution in [-0.4, -0.2) is 30.8 Å². The first-order valence-electron chi connectivity index (χ1n) is 5.63. The van der Waals surface area contributed by atoms with Crippen molar-refractivity contribution >= 4 is 23.4 Å². The molecule has 1 rings (SSSR count). The lowest BCUT2D eigenvalue weighted by molar-refractivity contribution is -0.139. The van der Waals surface area contributed by atoms with Crippen LogP contribution in [-0.2, 0) is 14.4 Å². The number of likely N-dealkylation sites (N-methyl/N-ethyl adjacent to an activating group) is 1. The standard InChI is InChI=1S/C12H13F2N3O3/c1-6(16-12(20)11(19)15-2)10(18)17-7-3-4-8(13)9(14)5-7/h3-6H,1-2H3,(H,15,19)(H,16,20)(H,17,18)/t6-/m0/s1. The second kappa shape index (κ2) is 6.60. The monoisotopic (exact) mass is 285 g/mol. The van der Waals surface area contributed by atoms with E-state index in [1.165, 1.54) is 20.0 Å². The van der Waals surface area contributed by atoms with E-state index in [4.69, 9.17) is 0 Å². The second-order valence-electron chi connectivity index (χ2n) is 3.89. The van der Waals surface area contributed by atoms with Crippen LogP contribution in [0.4, 0.5) is 14.5 Å². The van der Waals surface area contributed by atoms with E-state index in [1.54, 1.807) is 0 Å². The van der Waals surface area contributed by atoms with Gasteiger partial charge in [-0.15, -0.1) is 0 Å². The lowest BCUT2D eigenvalue weighted by Crippen LogP contribution is -2.47. The highest BCUT2D eigenvalue weighted by Crippen LogP contribution is 2.13. The highest BCUT2D eigenvalue weighted by molar-refractivity contribution is 6.35. The Morgan fingerprint density at radius 1 is 1.10 bits per heavy atom. The maximum atomic E-state index is 12.9. The zero-order valence-corrected chi connectivity index (χ0v) is 10.8. The number of carbonyl (C=O) groups excluding carboxylic acids is 3. The summed E-state index contributed by atoms with van der Waals surface area (Å²) < 4.78 is 25.6. The molecule has 8 heteroatoms. The number of hydrogen-bond acceptors (Lipinski definition) is 3. The van der Waals surface area contributed by atoms with Crippen LogP contribution in [0.1, 0.15) is 6.92 Å². The van der Waals surface area contributed by atoms with Crippen molar-refractivity contribution in [2.24, 2.45) is 0 Å². The molecule has 0 aromatic heterocycles. The van der Waals surface area contributed by atoms with E-state index in [0.29, 0.717) is 0 Å². The molecule has 0 saturated heterocycles. The number of nitrogens with one attached hydrogen (secondary N) is 3. The molecule has 0 bridgehead atoms. The van der Waals surface area contributed by atoms with Gasteiger partial charge in [-0.2, -0.15) is 0 Å². The van der Waals surface area contributed by atoms with Gasteiger partial charge < -0.3 is 16.0 Å². The summed E-state index contributed by atoms with van der Waals surface area (Å²) in [5.41, 5.74) is 0.0370. The summed E-state index contributed by atoms with van der Waals surface area (Å²) in [6.45, 7) is 1.34. The summed E-state index contributed by atoms with van der Waals surface area (Å²) >= 11 is 0. The van der Waals surface area contributed by atoms with Crippen molar-refractivity contribution in [3.8, 4) is 0 Å². The van der Waals surface area contributed by atoms with E-state index in [2.05, 4.69) is 16.0 Å². The van der Waals surface area contributed by atoms with Crippen molar-refractivity contribution in [3.63, 3.8) is 0 Å². The first-order valence-corrected chi connectivity index (χ1v) is 5.63. The van der Waals surface area contributed by atoms with Gasteiger partial charge in [0, 0.05) is 18.8 Å². The Bertz CT molecular complexity index is 549. The fraction of sp³-hybridized carbons (Fsp3) is 0.250. The zero-order chi connectivity index (χ0) is 15.3. The van der Waals surface area contributed by atoms with Gasteiger partial charge in [-0.25, -0.2) is 8.78 Å². The molecule has 3 N–H and O–H groups in total. The topological polar surface area (TPSA) is 87.3 Å². The minimum Gasteiger partial charge on any atom is -0.351 e. The van der Waals surface area contributed by atoms with Gasteiger partial charge in [0.25, 0.3) is 0 Å². The number of anilines is 1. The van der Waals surface area contributed by atoms with Crippen LogP contribution >= 0.6 is 0 Å². The van der Waals surface area contributed by atoms with Crippen molar-refractivity contribution < 1.29 is 23.2 Å². The quantitative estimate of drug-likeness (QED) is 0.691. The van der Waals surface area contributed by atoms with Gasteiger partial charge in [-0.05, 0) is 19.1 Å². The summed E-state index contributed by atoms with van der Waals surface area (Å²) in [6, 6.07) is 1.82. The largest absolute Gasteiger partial charge is 0.351 e. The molecule has 0 spiro atoms. The minimum absolute atomic E-state index is 0.0370. The van der Waals surface area contributed by atoms with Crippen LogP contribution in [0.5, 0.6) is 0 Å². The molecule has 0 heterocycles. The second-order valence-corrected chi connectivity index (χ2v) is 3.89. The molecule has 0 aliphatic rings. The Kier molecular flexibility index (Phi) is 5.13. The van der Waals surface area contributed by atoms with Crippen LogP contribution in [0.2, 0.25) is 0 Å². The fourth-order valence-corrected chi connectivity index (χ4v) is 1.27. The molecule has 0 radical (unpaired) electrons. The van der Waals surface area contributed by atoms with Crippen molar-refractivity contribution in [1.82, 2.24) is 10.6 Å². The third kappa shape index (κ3) is 4.01. The van der Waals surface area contributed by atoms with Crippen molar-refractivity contribution in [1.29, 1.82) is 0 Å². The molecule has 3 amide bonds. The van der Waals surface area contributed by atoms with Crippen molar-refractivity contribution in [2.75, 3.05) is 12.4 Å². The molecule has 1 atom stereocenters. The molecular weight excluding hydrogens is 272 g/mol. The van der Waals surface area contributed by atoms with Gasteiger partial charge in [0.2, 0.25) is 5.91 Å². The Morgan fingerprint density at radius 3 is 2.30 bits per heavy atom. The Hall–Kier alpha value is -2.51. The number of hydrogen-bond donors (Lipinski definition) is 3. The lowest BCUT2D eigenvalue weighted by atomic mass is 10.2. The maximum absolute atomic E-state index is 12.9. The number of amides is 3. The van der Waals surface area contributed by atoms with E-state index in [-0.39, 0.29) is 5.69 Å². The molecule has 1 aromatic carbocycles. The Labute approximate surface area is 113 Å². The third-order valence-corrected chi connectivity index (χ3v) is 2.36. The maximum Gasteiger partial charge on any atom is 0.309 e. The summed E-state index contributed by atoms with van der Waals surface area (Å²) in [7, 11) is 1.27. The lowest BCUT2D eigenvalue weighted by Gasteiger charge is -2.13. The third-order valence-electron chi connectivity index (χ3n) is 2.36. The summed E-state index contributed by atoms with van der Waals surface area (Å²) in [5.74, 6) is -4.68. The molecule has 108 valence electrons. The average Bonchev–Trinajstić information content (AvgIpc) is 2.41. The van der Waals surface area contributed by atoms with Crippen LogP contribution in [0.15, 0.2) is 18.2 Å². The number of benzene rings is 1. The van der Waals surface area contributed by atoms with Gasteiger partial charge in [-0.1, -0.05) is 0 Å². The fourth-order valence-electron chi connectivity index (χ4n) is 1.27. The SMILES string of the molecule is CNC(=O)C(=O)N[C@@H](C)C(=O)Nc1ccc(F)c(F)c1. The summed E-state index contributed by atoms with van der Waals surface area (Å²) in [5, 5.41) is 6.52. The number of carbonyl (C=O) groups is 3. The predicted molar refractivity (Wildman–Crippen MR) is 66.7 cm³/mol. The molecular formula is C12H13F2N3O3. The number of halogens is 2. The molecule has 0 aliphatic carbocycles. The van der Waals surface area contributed by atoms with Gasteiger partial charge in [0.15, 0.2) is 11.6 Å². The number of rotatable bonds is 3. The molecule has 1 aromatic rings. The molecule has 0 fully saturated rings.